The Labute approximate surface area is 125 Å². The molecule has 0 fully saturated rings. The first kappa shape index (κ1) is 16.1. The fourth-order valence-corrected chi connectivity index (χ4v) is 2.66. The predicted octanol–water partition coefficient (Wildman–Crippen LogP) is 2.85. The number of thioether (sulfide) groups is 1. The molecule has 1 aromatic rings. The van der Waals surface area contributed by atoms with E-state index in [0.29, 0.717) is 16.5 Å². The summed E-state index contributed by atoms with van der Waals surface area (Å²) in [5, 5.41) is 11.9. The molecule has 0 bridgehead atoms. The fourth-order valence-electron chi connectivity index (χ4n) is 1.43. The van der Waals surface area contributed by atoms with Crippen LogP contribution in [0.15, 0.2) is 17.0 Å². The topological polar surface area (TPSA) is 66.4 Å². The zero-order valence-electron chi connectivity index (χ0n) is 10.2. The number of aryl methyl sites for hydroxylation is 1. The van der Waals surface area contributed by atoms with E-state index in [9.17, 15) is 9.59 Å². The number of aliphatic carboxylic acids is 1. The van der Waals surface area contributed by atoms with Gasteiger partial charge in [0.05, 0.1) is 5.02 Å². The quantitative estimate of drug-likeness (QED) is 0.791. The molecular weight excluding hydrogens is 309 g/mol. The van der Waals surface area contributed by atoms with Gasteiger partial charge in [0.1, 0.15) is 6.54 Å². The van der Waals surface area contributed by atoms with Gasteiger partial charge < -0.3 is 10.4 Å². The van der Waals surface area contributed by atoms with Gasteiger partial charge in [-0.05, 0) is 30.4 Å². The highest BCUT2D eigenvalue weighted by molar-refractivity contribution is 7.98. The highest BCUT2D eigenvalue weighted by atomic mass is 35.5. The number of amides is 1. The van der Waals surface area contributed by atoms with Crippen molar-refractivity contribution in [2.75, 3.05) is 12.8 Å². The Balaban J connectivity index is 2.60. The van der Waals surface area contributed by atoms with E-state index in [4.69, 9.17) is 28.3 Å². The summed E-state index contributed by atoms with van der Waals surface area (Å²) >= 11 is 13.6. The highest BCUT2D eigenvalue weighted by Gasteiger charge is 2.09. The predicted molar refractivity (Wildman–Crippen MR) is 77.2 cm³/mol. The Hall–Kier alpha value is -0.910. The molecule has 0 saturated carbocycles. The molecule has 0 aliphatic carbocycles. The van der Waals surface area contributed by atoms with E-state index < -0.39 is 5.97 Å². The lowest BCUT2D eigenvalue weighted by molar-refractivity contribution is -0.137. The Morgan fingerprint density at radius 1 is 1.32 bits per heavy atom. The van der Waals surface area contributed by atoms with Crippen LogP contribution in [0.25, 0.3) is 0 Å². The second kappa shape index (κ2) is 7.62. The van der Waals surface area contributed by atoms with Gasteiger partial charge in [0, 0.05) is 16.3 Å². The molecule has 0 aromatic heterocycles. The molecule has 1 rings (SSSR count). The van der Waals surface area contributed by atoms with E-state index in [-0.39, 0.29) is 18.9 Å². The SMILES string of the molecule is CSc1cc(Cl)c(CCC(=O)NCC(=O)O)cc1Cl. The van der Waals surface area contributed by atoms with Gasteiger partial charge in [-0.15, -0.1) is 11.8 Å². The number of halogens is 2. The van der Waals surface area contributed by atoms with E-state index in [1.807, 2.05) is 6.26 Å². The third-order valence-corrected chi connectivity index (χ3v) is 3.93. The van der Waals surface area contributed by atoms with Gasteiger partial charge in [-0.25, -0.2) is 0 Å². The van der Waals surface area contributed by atoms with Crippen LogP contribution in [0.5, 0.6) is 0 Å². The maximum absolute atomic E-state index is 11.4. The lowest BCUT2D eigenvalue weighted by atomic mass is 10.1. The van der Waals surface area contributed by atoms with Crippen molar-refractivity contribution in [2.45, 2.75) is 17.7 Å². The molecule has 0 aliphatic rings. The average Bonchev–Trinajstić information content (AvgIpc) is 2.36. The molecule has 0 aliphatic heterocycles. The first-order chi connectivity index (χ1) is 8.93. The Kier molecular flexibility index (Phi) is 6.48. The van der Waals surface area contributed by atoms with Crippen molar-refractivity contribution in [1.29, 1.82) is 0 Å². The second-order valence-electron chi connectivity index (χ2n) is 3.75. The molecule has 0 spiro atoms. The normalized spacial score (nSPS) is 10.3. The van der Waals surface area contributed by atoms with E-state index in [1.165, 1.54) is 11.8 Å². The Bertz CT molecular complexity index is 494. The van der Waals surface area contributed by atoms with Crippen LogP contribution in [0.1, 0.15) is 12.0 Å². The molecule has 4 nitrogen and oxygen atoms in total. The van der Waals surface area contributed by atoms with Gasteiger partial charge in [0.25, 0.3) is 0 Å². The zero-order valence-corrected chi connectivity index (χ0v) is 12.5. The second-order valence-corrected chi connectivity index (χ2v) is 5.41. The van der Waals surface area contributed by atoms with Crippen LogP contribution >= 0.6 is 35.0 Å². The van der Waals surface area contributed by atoms with E-state index in [2.05, 4.69) is 5.32 Å². The summed E-state index contributed by atoms with van der Waals surface area (Å²) in [5.74, 6) is -1.40. The third-order valence-electron chi connectivity index (χ3n) is 2.38. The van der Waals surface area contributed by atoms with Crippen LogP contribution in [-0.4, -0.2) is 29.8 Å². The maximum Gasteiger partial charge on any atom is 0.322 e. The molecule has 2 N–H and O–H groups in total. The molecule has 1 aromatic carbocycles. The third kappa shape index (κ3) is 5.30. The number of hydrogen-bond acceptors (Lipinski definition) is 3. The smallest absolute Gasteiger partial charge is 0.322 e. The lowest BCUT2D eigenvalue weighted by Crippen LogP contribution is -2.29. The van der Waals surface area contributed by atoms with Crippen LogP contribution in [0.2, 0.25) is 10.0 Å². The van der Waals surface area contributed by atoms with Crippen molar-refractivity contribution in [3.63, 3.8) is 0 Å². The molecule has 19 heavy (non-hydrogen) atoms. The summed E-state index contributed by atoms with van der Waals surface area (Å²) in [6.07, 6.45) is 2.48. The summed E-state index contributed by atoms with van der Waals surface area (Å²) in [4.78, 5) is 22.6. The summed E-state index contributed by atoms with van der Waals surface area (Å²) in [6, 6.07) is 3.50. The molecule has 0 saturated heterocycles. The van der Waals surface area contributed by atoms with Gasteiger partial charge in [-0.3, -0.25) is 9.59 Å². The number of benzene rings is 1. The number of carbonyl (C=O) groups excluding carboxylic acids is 1. The van der Waals surface area contributed by atoms with Crippen molar-refractivity contribution >= 4 is 46.8 Å². The number of hydrogen-bond donors (Lipinski definition) is 2. The average molecular weight is 322 g/mol. The van der Waals surface area contributed by atoms with Crippen LogP contribution in [0.4, 0.5) is 0 Å². The van der Waals surface area contributed by atoms with Gasteiger partial charge in [-0.2, -0.15) is 0 Å². The monoisotopic (exact) mass is 321 g/mol. The van der Waals surface area contributed by atoms with Gasteiger partial charge >= 0.3 is 5.97 Å². The van der Waals surface area contributed by atoms with E-state index in [1.54, 1.807) is 12.1 Å². The molecule has 0 radical (unpaired) electrons. The maximum atomic E-state index is 11.4. The van der Waals surface area contributed by atoms with Crippen LogP contribution in [-0.2, 0) is 16.0 Å². The fraction of sp³-hybridized carbons (Fsp3) is 0.333. The van der Waals surface area contributed by atoms with E-state index in [0.717, 1.165) is 10.5 Å². The minimum Gasteiger partial charge on any atom is -0.480 e. The molecule has 7 heteroatoms. The number of carbonyl (C=O) groups is 2. The van der Waals surface area contributed by atoms with Crippen molar-refractivity contribution in [1.82, 2.24) is 5.32 Å². The molecule has 1 amide bonds. The van der Waals surface area contributed by atoms with Crippen molar-refractivity contribution in [3.8, 4) is 0 Å². The number of rotatable bonds is 6. The van der Waals surface area contributed by atoms with Crippen molar-refractivity contribution < 1.29 is 14.7 Å². The van der Waals surface area contributed by atoms with Gasteiger partial charge in [-0.1, -0.05) is 23.2 Å². The summed E-state index contributed by atoms with van der Waals surface area (Å²) in [5.41, 5.74) is 0.773. The van der Waals surface area contributed by atoms with E-state index >= 15 is 0 Å². The van der Waals surface area contributed by atoms with Crippen LogP contribution in [0.3, 0.4) is 0 Å². The minimum absolute atomic E-state index is 0.169. The molecule has 104 valence electrons. The lowest BCUT2D eigenvalue weighted by Gasteiger charge is -2.08. The minimum atomic E-state index is -1.07. The van der Waals surface area contributed by atoms with Gasteiger partial charge in [0.15, 0.2) is 0 Å². The van der Waals surface area contributed by atoms with Crippen LogP contribution in [0, 0.1) is 0 Å². The van der Waals surface area contributed by atoms with Crippen molar-refractivity contribution in [2.24, 2.45) is 0 Å². The largest absolute Gasteiger partial charge is 0.480 e. The first-order valence-electron chi connectivity index (χ1n) is 5.44. The standard InChI is InChI=1S/C12H13Cl2NO3S/c1-19-10-5-8(13)7(4-9(10)14)2-3-11(16)15-6-12(17)18/h4-5H,2-3,6H2,1H3,(H,15,16)(H,17,18). The summed E-state index contributed by atoms with van der Waals surface area (Å²) < 4.78 is 0. The van der Waals surface area contributed by atoms with Crippen LogP contribution < -0.4 is 5.32 Å². The van der Waals surface area contributed by atoms with Gasteiger partial charge in [0.2, 0.25) is 5.91 Å². The zero-order chi connectivity index (χ0) is 14.4. The van der Waals surface area contributed by atoms with Crippen molar-refractivity contribution in [3.05, 3.63) is 27.7 Å². The Morgan fingerprint density at radius 3 is 2.58 bits per heavy atom. The molecular formula is C12H13Cl2NO3S. The Morgan fingerprint density at radius 2 is 2.00 bits per heavy atom. The summed E-state index contributed by atoms with van der Waals surface area (Å²) in [6.45, 7) is -0.376. The molecule has 0 atom stereocenters. The number of carboxylic acids is 1. The molecule has 0 unspecified atom stereocenters. The number of nitrogens with one attached hydrogen (secondary N) is 1. The number of carboxylic acid groups (broad SMARTS) is 1. The first-order valence-corrected chi connectivity index (χ1v) is 7.42. The highest BCUT2D eigenvalue weighted by Crippen LogP contribution is 2.31. The molecule has 0 heterocycles. The summed E-state index contributed by atoms with van der Waals surface area (Å²) in [7, 11) is 0.